The fraction of sp³-hybridized carbons (Fsp3) is 0.161. The summed E-state index contributed by atoms with van der Waals surface area (Å²) < 4.78 is 5.88. The number of nitro benzene ring substituents is 1. The molecule has 1 fully saturated rings. The van der Waals surface area contributed by atoms with E-state index in [1.54, 1.807) is 31.2 Å². The number of anilines is 1. The Kier molecular flexibility index (Phi) is 7.68. The SMILES string of the molecule is CC(=O)c1sc(N2C(=O)C(=O)/C(=C(/O)c3ccc(OCc4ccccc4C)cc3)C2c2ccc([N+](=O)[O-])cc2)nc1C. The van der Waals surface area contributed by atoms with E-state index < -0.39 is 28.4 Å². The van der Waals surface area contributed by atoms with Crippen molar-refractivity contribution in [3.05, 3.63) is 121 Å². The van der Waals surface area contributed by atoms with Gasteiger partial charge in [-0.05, 0) is 66.9 Å². The van der Waals surface area contributed by atoms with E-state index >= 15 is 0 Å². The molecule has 11 heteroatoms. The number of carbonyl (C=O) groups is 3. The van der Waals surface area contributed by atoms with Gasteiger partial charge in [-0.2, -0.15) is 0 Å². The molecule has 1 atom stereocenters. The smallest absolute Gasteiger partial charge is 0.301 e. The van der Waals surface area contributed by atoms with Crippen molar-refractivity contribution in [2.75, 3.05) is 4.90 Å². The maximum Gasteiger partial charge on any atom is 0.301 e. The zero-order chi connectivity index (χ0) is 30.1. The lowest BCUT2D eigenvalue weighted by Gasteiger charge is -2.23. The van der Waals surface area contributed by atoms with Gasteiger partial charge in [-0.25, -0.2) is 4.98 Å². The molecule has 5 rings (SSSR count). The number of ketones is 2. The molecule has 0 saturated carbocycles. The highest BCUT2D eigenvalue weighted by molar-refractivity contribution is 7.18. The van der Waals surface area contributed by atoms with Crippen LogP contribution >= 0.6 is 11.3 Å². The number of carbonyl (C=O) groups excluding carboxylic acids is 3. The van der Waals surface area contributed by atoms with Crippen LogP contribution in [0.1, 0.15) is 50.6 Å². The molecule has 0 aliphatic carbocycles. The molecule has 0 bridgehead atoms. The summed E-state index contributed by atoms with van der Waals surface area (Å²) in [5, 5.41) is 22.7. The van der Waals surface area contributed by atoms with Crippen LogP contribution in [0, 0.1) is 24.0 Å². The molecule has 2 heterocycles. The standard InChI is InChI=1S/C31H25N3O7S/c1-17-6-4-5-7-22(17)16-41-24-14-10-21(11-15-24)27(36)25-26(20-8-12-23(13-9-20)34(39)40)33(30(38)28(25)37)31-32-18(2)29(42-31)19(3)35/h4-15,26,36H,16H2,1-3H3/b27-25+. The molecule has 1 aliphatic heterocycles. The van der Waals surface area contributed by atoms with Crippen molar-refractivity contribution in [3.63, 3.8) is 0 Å². The molecule has 10 nitrogen and oxygen atoms in total. The Morgan fingerprint density at radius 3 is 2.31 bits per heavy atom. The summed E-state index contributed by atoms with van der Waals surface area (Å²) >= 11 is 0.956. The van der Waals surface area contributed by atoms with Crippen molar-refractivity contribution >= 4 is 45.4 Å². The summed E-state index contributed by atoms with van der Waals surface area (Å²) in [5.74, 6) is -2.03. The van der Waals surface area contributed by atoms with Crippen molar-refractivity contribution < 1.29 is 29.2 Å². The summed E-state index contributed by atoms with van der Waals surface area (Å²) in [7, 11) is 0. The van der Waals surface area contributed by atoms with Gasteiger partial charge in [-0.15, -0.1) is 0 Å². The number of nitrogens with zero attached hydrogens (tertiary/aromatic N) is 3. The van der Waals surface area contributed by atoms with Gasteiger partial charge in [0.25, 0.3) is 11.5 Å². The molecule has 1 saturated heterocycles. The topological polar surface area (TPSA) is 140 Å². The van der Waals surface area contributed by atoms with Crippen LogP contribution in [0.25, 0.3) is 5.76 Å². The second-order valence-corrected chi connectivity index (χ2v) is 10.7. The van der Waals surface area contributed by atoms with Gasteiger partial charge >= 0.3 is 5.91 Å². The average molecular weight is 584 g/mol. The van der Waals surface area contributed by atoms with Crippen molar-refractivity contribution in [3.8, 4) is 5.75 Å². The molecular formula is C31H25N3O7S. The first-order chi connectivity index (χ1) is 20.1. The maximum atomic E-state index is 13.4. The van der Waals surface area contributed by atoms with E-state index in [9.17, 15) is 29.6 Å². The van der Waals surface area contributed by atoms with Gasteiger partial charge in [-0.3, -0.25) is 29.4 Å². The average Bonchev–Trinajstić information content (AvgIpc) is 3.49. The fourth-order valence-electron chi connectivity index (χ4n) is 4.73. The molecule has 3 aromatic carbocycles. The summed E-state index contributed by atoms with van der Waals surface area (Å²) in [5.41, 5.74) is 2.74. The third-order valence-electron chi connectivity index (χ3n) is 6.96. The number of non-ortho nitro benzene ring substituents is 1. The quantitative estimate of drug-likeness (QED) is 0.0658. The van der Waals surface area contributed by atoms with Crippen LogP contribution < -0.4 is 9.64 Å². The van der Waals surface area contributed by atoms with E-state index in [1.807, 2.05) is 31.2 Å². The van der Waals surface area contributed by atoms with Crippen LogP contribution in [-0.4, -0.2) is 32.5 Å². The molecule has 1 aliphatic rings. The molecule has 4 aromatic rings. The van der Waals surface area contributed by atoms with Crippen LogP contribution in [0.15, 0.2) is 78.4 Å². The number of amides is 1. The molecule has 212 valence electrons. The van der Waals surface area contributed by atoms with E-state index in [0.717, 1.165) is 27.4 Å². The van der Waals surface area contributed by atoms with Gasteiger partial charge in [0, 0.05) is 24.6 Å². The Morgan fingerprint density at radius 2 is 1.71 bits per heavy atom. The molecule has 0 radical (unpaired) electrons. The Labute approximate surface area is 244 Å². The minimum Gasteiger partial charge on any atom is -0.507 e. The molecule has 0 spiro atoms. The summed E-state index contributed by atoms with van der Waals surface area (Å²) in [6.07, 6.45) is 0. The molecule has 1 amide bonds. The zero-order valence-corrected chi connectivity index (χ0v) is 23.7. The minimum atomic E-state index is -1.15. The van der Waals surface area contributed by atoms with Gasteiger partial charge in [0.1, 0.15) is 18.1 Å². The number of aromatic nitrogens is 1. The van der Waals surface area contributed by atoms with E-state index in [2.05, 4.69) is 4.98 Å². The lowest BCUT2D eigenvalue weighted by Crippen LogP contribution is -2.29. The first kappa shape index (κ1) is 28.4. The first-order valence-corrected chi connectivity index (χ1v) is 13.7. The number of Topliss-reactive ketones (excluding diaryl/α,β-unsaturated/α-hetero) is 2. The van der Waals surface area contributed by atoms with Crippen molar-refractivity contribution in [2.45, 2.75) is 33.4 Å². The first-order valence-electron chi connectivity index (χ1n) is 12.9. The molecule has 42 heavy (non-hydrogen) atoms. The number of aliphatic hydroxyl groups excluding tert-OH is 1. The monoisotopic (exact) mass is 583 g/mol. The Hall–Kier alpha value is -5.16. The van der Waals surface area contributed by atoms with Gasteiger partial charge in [-0.1, -0.05) is 35.6 Å². The number of ether oxygens (including phenoxy) is 1. The molecule has 1 unspecified atom stereocenters. The minimum absolute atomic E-state index is 0.0992. The predicted molar refractivity (Wildman–Crippen MR) is 157 cm³/mol. The van der Waals surface area contributed by atoms with Gasteiger partial charge in [0.05, 0.1) is 27.1 Å². The molecule has 1 aromatic heterocycles. The van der Waals surface area contributed by atoms with Crippen LogP contribution in [0.3, 0.4) is 0 Å². The Morgan fingerprint density at radius 1 is 1.05 bits per heavy atom. The number of hydrogen-bond donors (Lipinski definition) is 1. The number of nitro groups is 1. The van der Waals surface area contributed by atoms with Crippen molar-refractivity contribution in [1.82, 2.24) is 4.98 Å². The van der Waals surface area contributed by atoms with Crippen molar-refractivity contribution in [1.29, 1.82) is 0 Å². The fourth-order valence-corrected chi connectivity index (χ4v) is 5.72. The van der Waals surface area contributed by atoms with Gasteiger partial charge < -0.3 is 9.84 Å². The van der Waals surface area contributed by atoms with Crippen LogP contribution in [0.4, 0.5) is 10.8 Å². The third-order valence-corrected chi connectivity index (χ3v) is 8.22. The number of thiazole rings is 1. The lowest BCUT2D eigenvalue weighted by molar-refractivity contribution is -0.384. The second-order valence-electron chi connectivity index (χ2n) is 9.72. The zero-order valence-electron chi connectivity index (χ0n) is 22.9. The van der Waals surface area contributed by atoms with Crippen LogP contribution in [0.5, 0.6) is 5.75 Å². The van der Waals surface area contributed by atoms with Gasteiger partial charge in [0.15, 0.2) is 10.9 Å². The van der Waals surface area contributed by atoms with Crippen LogP contribution in [-0.2, 0) is 16.2 Å². The highest BCUT2D eigenvalue weighted by atomic mass is 32.1. The largest absolute Gasteiger partial charge is 0.507 e. The van der Waals surface area contributed by atoms with E-state index in [0.29, 0.717) is 28.5 Å². The van der Waals surface area contributed by atoms with Crippen LogP contribution in [0.2, 0.25) is 0 Å². The van der Waals surface area contributed by atoms with E-state index in [-0.39, 0.29) is 27.7 Å². The molecule has 1 N–H and O–H groups in total. The third kappa shape index (κ3) is 5.29. The number of aryl methyl sites for hydroxylation is 2. The number of rotatable bonds is 8. The Balaban J connectivity index is 1.55. The Bertz CT molecular complexity index is 1760. The highest BCUT2D eigenvalue weighted by Gasteiger charge is 2.48. The summed E-state index contributed by atoms with van der Waals surface area (Å²) in [6, 6.07) is 18.5. The summed E-state index contributed by atoms with van der Waals surface area (Å²) in [4.78, 5) is 55.4. The highest BCUT2D eigenvalue weighted by Crippen LogP contribution is 2.44. The molecular weight excluding hydrogens is 558 g/mol. The van der Waals surface area contributed by atoms with E-state index in [4.69, 9.17) is 4.74 Å². The van der Waals surface area contributed by atoms with E-state index in [1.165, 1.54) is 31.2 Å². The van der Waals surface area contributed by atoms with Gasteiger partial charge in [0.2, 0.25) is 0 Å². The van der Waals surface area contributed by atoms with Crippen molar-refractivity contribution in [2.24, 2.45) is 0 Å². The maximum absolute atomic E-state index is 13.4. The summed E-state index contributed by atoms with van der Waals surface area (Å²) in [6.45, 7) is 5.33. The number of benzene rings is 3. The number of aliphatic hydroxyl groups is 1. The lowest BCUT2D eigenvalue weighted by atomic mass is 9.95. The normalized spacial score (nSPS) is 16.1. The second kappa shape index (κ2) is 11.4. The predicted octanol–water partition coefficient (Wildman–Crippen LogP) is 6.08. The number of hydrogen-bond acceptors (Lipinski definition) is 9.